The molecule has 4 fully saturated rings. The van der Waals surface area contributed by atoms with Gasteiger partial charge in [-0.1, -0.05) is 41.9 Å². The predicted molar refractivity (Wildman–Crippen MR) is 444 cm³/mol. The molecule has 594 valence electrons. The second kappa shape index (κ2) is 34.0. The quantitative estimate of drug-likeness (QED) is 0.0785. The summed E-state index contributed by atoms with van der Waals surface area (Å²) in [6.45, 7) is 2.36. The highest BCUT2D eigenvalue weighted by Crippen LogP contribution is 2.34. The molecule has 3 amide bonds. The van der Waals surface area contributed by atoms with E-state index in [0.717, 1.165) is 47.3 Å². The maximum absolute atomic E-state index is 13.0. The fourth-order valence-electron chi connectivity index (χ4n) is 12.5. The van der Waals surface area contributed by atoms with Crippen LogP contribution in [0.4, 0.5) is 45.5 Å². The van der Waals surface area contributed by atoms with Crippen LogP contribution in [-0.4, -0.2) is 151 Å². The third kappa shape index (κ3) is 18.7. The third-order valence-electron chi connectivity index (χ3n) is 18.7. The zero-order chi connectivity index (χ0) is 80.8. The van der Waals surface area contributed by atoms with E-state index < -0.39 is 50.1 Å². The van der Waals surface area contributed by atoms with E-state index in [-0.39, 0.29) is 99.0 Å². The van der Waals surface area contributed by atoms with Gasteiger partial charge in [0.05, 0.1) is 115 Å². The summed E-state index contributed by atoms with van der Waals surface area (Å²) >= 11 is 7.94. The largest absolute Gasteiger partial charge is 0.464 e. The Morgan fingerprint density at radius 1 is 0.478 bits per heavy atom. The minimum atomic E-state index is -3.95. The van der Waals surface area contributed by atoms with Crippen molar-refractivity contribution in [2.75, 3.05) is 114 Å². The number of aryl methyl sites for hydroxylation is 2. The molecular weight excluding hydrogens is 1620 g/mol. The van der Waals surface area contributed by atoms with Crippen LogP contribution in [0.15, 0.2) is 240 Å². The molecule has 0 aliphatic carbocycles. The second-order valence-corrected chi connectivity index (χ2v) is 37.4. The lowest BCUT2D eigenvalue weighted by Gasteiger charge is -2.28. The number of hydrogen-bond acceptors (Lipinski definition) is 21. The van der Waals surface area contributed by atoms with E-state index in [9.17, 15) is 56.5 Å². The van der Waals surface area contributed by atoms with Crippen molar-refractivity contribution >= 4 is 179 Å². The molecule has 17 rings (SSSR count). The molecule has 0 unspecified atom stereocenters. The van der Waals surface area contributed by atoms with Crippen LogP contribution in [0.25, 0.3) is 54.2 Å². The Morgan fingerprint density at radius 3 is 1.57 bits per heavy atom. The van der Waals surface area contributed by atoms with E-state index in [2.05, 4.69) is 30.6 Å². The molecule has 0 radical (unpaired) electrons. The number of sulfonamides is 5. The summed E-state index contributed by atoms with van der Waals surface area (Å²) in [5.41, 5.74) is 12.5. The lowest BCUT2D eigenvalue weighted by atomic mass is 10.1. The molecule has 29 nitrogen and oxygen atoms in total. The van der Waals surface area contributed by atoms with Gasteiger partial charge >= 0.3 is 0 Å². The van der Waals surface area contributed by atoms with Crippen LogP contribution in [0.1, 0.15) is 36.6 Å². The Kier molecular flexibility index (Phi) is 23.7. The third-order valence-corrected chi connectivity index (χ3v) is 27.9. The number of thiazole rings is 1. The van der Waals surface area contributed by atoms with Gasteiger partial charge in [-0.25, -0.2) is 69.3 Å². The summed E-state index contributed by atoms with van der Waals surface area (Å²) in [7, 11) is -15.6. The van der Waals surface area contributed by atoms with Gasteiger partial charge in [-0.3, -0.25) is 19.1 Å². The van der Waals surface area contributed by atoms with Crippen LogP contribution in [0.2, 0.25) is 5.02 Å². The molecule has 0 atom stereocenters. The molecule has 4 aromatic heterocycles. The van der Waals surface area contributed by atoms with E-state index >= 15 is 0 Å². The molecule has 9 aromatic carbocycles. The van der Waals surface area contributed by atoms with Gasteiger partial charge in [-0.2, -0.15) is 0 Å². The number of para-hydroxylation sites is 1. The molecule has 4 saturated heterocycles. The van der Waals surface area contributed by atoms with Gasteiger partial charge in [0.2, 0.25) is 40.1 Å². The maximum atomic E-state index is 13.0. The number of fused-ring (bicyclic) bond motifs is 4. The first-order valence-corrected chi connectivity index (χ1v) is 44.5. The Hall–Kier alpha value is -11.4. The lowest BCUT2D eigenvalue weighted by molar-refractivity contribution is 0.101. The summed E-state index contributed by atoms with van der Waals surface area (Å²) in [6, 6.07) is 60.0. The molecule has 4 aliphatic rings. The van der Waals surface area contributed by atoms with Crippen molar-refractivity contribution in [1.82, 2.24) is 14.5 Å². The first kappa shape index (κ1) is 80.3. The number of aromatic nitrogens is 3. The number of carbonyl (C=O) groups is 3. The molecule has 13 aromatic rings. The SMILES string of the molecule is Cc1cc(N2COCCS2(=O)=O)ccc1C(=O)Nc1ccc2ccn(C)c2c1.O=C(Nc1ccc2occc2c1)c1ccc(N2COCCS2(=O)=O)cc1.O=C(Nc1ccc2scnc2c1)c1ccc(N2COCCS2(=O)=O)cc1.O=S(=O)(Nc1ccc(Cl)c(-c2ccc3ccccc3n2)c1)c1ccc(N2COCCS2(=O)=O)cc1. The number of pyridine rings is 1. The van der Waals surface area contributed by atoms with Gasteiger partial charge in [-0.15, -0.1) is 11.3 Å². The highest BCUT2D eigenvalue weighted by atomic mass is 35.5. The summed E-state index contributed by atoms with van der Waals surface area (Å²) in [6.07, 6.45) is 3.56. The number of nitrogens with zero attached hydrogens (tertiary/aromatic N) is 7. The van der Waals surface area contributed by atoms with Gasteiger partial charge in [0, 0.05) is 74.5 Å². The van der Waals surface area contributed by atoms with Crippen LogP contribution < -0.4 is 37.9 Å². The highest BCUT2D eigenvalue weighted by molar-refractivity contribution is 7.94. The van der Waals surface area contributed by atoms with Gasteiger partial charge in [0.15, 0.2) is 0 Å². The van der Waals surface area contributed by atoms with E-state index in [1.54, 1.807) is 116 Å². The van der Waals surface area contributed by atoms with Crippen molar-refractivity contribution in [2.45, 2.75) is 11.8 Å². The molecule has 8 heterocycles. The van der Waals surface area contributed by atoms with Crippen molar-refractivity contribution in [1.29, 1.82) is 0 Å². The molecule has 4 aliphatic heterocycles. The zero-order valence-corrected chi connectivity index (χ0v) is 66.9. The van der Waals surface area contributed by atoms with Gasteiger partial charge in [-0.05, 0) is 200 Å². The summed E-state index contributed by atoms with van der Waals surface area (Å²) in [4.78, 5) is 46.4. The number of nitrogens with one attached hydrogen (secondary N) is 4. The smallest absolute Gasteiger partial charge is 0.261 e. The Balaban J connectivity index is 0.000000128. The van der Waals surface area contributed by atoms with Crippen LogP contribution in [0, 0.1) is 6.92 Å². The average Bonchev–Trinajstić information content (AvgIpc) is 0.957. The molecule has 0 saturated carbocycles. The van der Waals surface area contributed by atoms with Crippen LogP contribution in [0.5, 0.6) is 0 Å². The topological polar surface area (TPSA) is 364 Å². The highest BCUT2D eigenvalue weighted by Gasteiger charge is 2.32. The maximum Gasteiger partial charge on any atom is 0.261 e. The Bertz CT molecular complexity index is 6280. The van der Waals surface area contributed by atoms with Gasteiger partial charge < -0.3 is 43.9 Å². The normalized spacial score (nSPS) is 16.2. The van der Waals surface area contributed by atoms with Crippen LogP contribution >= 0.6 is 22.9 Å². The van der Waals surface area contributed by atoms with Crippen molar-refractivity contribution < 1.29 is 79.8 Å². The fourth-order valence-corrected chi connectivity index (χ4v) is 19.3. The summed E-state index contributed by atoms with van der Waals surface area (Å²) < 4.78 is 160. The minimum Gasteiger partial charge on any atom is -0.464 e. The predicted octanol–water partition coefficient (Wildman–Crippen LogP) is 12.8. The van der Waals surface area contributed by atoms with Gasteiger partial charge in [0.25, 0.3) is 27.7 Å². The molecular formula is C79H72ClN11O18S6. The van der Waals surface area contributed by atoms with Gasteiger partial charge in [0.1, 0.15) is 32.5 Å². The Labute approximate surface area is 670 Å². The standard InChI is InChI=1S/C24H20ClN3O5S2.C20H21N3O4S.C18H16N2O5S.C17H15N3O4S2/c25-22-11-6-18(15-21(22)24-12-5-17-3-1-2-4-23(17)26-24)27-35(31,32)20-9-7-19(8-10-20)28-16-33-13-14-34(28,29)30;1-14-11-17(23-13-27-9-10-28(23,25)26)5-6-18(14)20(24)21-16-4-3-15-7-8-22(2)19(15)12-16;21-18(19-15-3-6-17-14(11-15)7-8-25-17)13-1-4-16(5-2-13)20-12-24-9-10-26(20,22)23;21-17(19-13-3-6-16-15(9-13)18-10-25-16)12-1-4-14(5-2-12)20-11-24-7-8-26(20,22)23/h1-12,15,27H,13-14,16H2;3-8,11-12H,9-10,13H2,1-2H3,(H,21,24);1-8,11H,9-10,12H2,(H,19,21);1-6,9-10H,7-8,11H2,(H,19,21). The van der Waals surface area contributed by atoms with Crippen LogP contribution in [-0.2, 0) is 76.1 Å². The molecule has 0 spiro atoms. The molecule has 115 heavy (non-hydrogen) atoms. The van der Waals surface area contributed by atoms with E-state index in [1.807, 2.05) is 109 Å². The molecule has 4 N–H and O–H groups in total. The first-order valence-electron chi connectivity index (χ1n) is 35.4. The number of anilines is 8. The first-order chi connectivity index (χ1) is 55.1. The number of benzene rings is 9. The fraction of sp³-hybridized carbons (Fsp3) is 0.177. The number of ether oxygens (including phenoxy) is 4. The number of hydrogen-bond donors (Lipinski definition) is 4. The van der Waals surface area contributed by atoms with Crippen molar-refractivity contribution in [2.24, 2.45) is 7.05 Å². The number of furan rings is 1. The lowest BCUT2D eigenvalue weighted by Crippen LogP contribution is -2.41. The van der Waals surface area contributed by atoms with Crippen molar-refractivity contribution in [3.63, 3.8) is 0 Å². The van der Waals surface area contributed by atoms with E-state index in [1.165, 1.54) is 48.5 Å². The molecule has 36 heteroatoms. The number of rotatable bonds is 14. The van der Waals surface area contributed by atoms with Crippen molar-refractivity contribution in [3.8, 4) is 11.3 Å². The minimum absolute atomic E-state index is 0.00993. The number of carbonyl (C=O) groups excluding carboxylic acids is 3. The summed E-state index contributed by atoms with van der Waals surface area (Å²) in [5, 5.41) is 12.0. The number of halogens is 1. The summed E-state index contributed by atoms with van der Waals surface area (Å²) in [5.74, 6) is -1.06. The monoisotopic (exact) mass is 1690 g/mol. The van der Waals surface area contributed by atoms with E-state index in [4.69, 9.17) is 35.0 Å². The van der Waals surface area contributed by atoms with E-state index in [0.29, 0.717) is 84.0 Å². The second-order valence-electron chi connectivity index (χ2n) is 26.4. The van der Waals surface area contributed by atoms with Crippen molar-refractivity contribution in [3.05, 3.63) is 258 Å². The average molecular weight is 1690 g/mol. The zero-order valence-electron chi connectivity index (χ0n) is 61.2. The molecule has 0 bridgehead atoms. The van der Waals surface area contributed by atoms with Crippen LogP contribution in [0.3, 0.4) is 0 Å². The Morgan fingerprint density at radius 2 is 0.983 bits per heavy atom. The number of amides is 3.